The number of nitriles is 1. The normalized spacial score (nSPS) is 22.2. The van der Waals surface area contributed by atoms with Gasteiger partial charge in [0.2, 0.25) is 11.8 Å². The predicted molar refractivity (Wildman–Crippen MR) is 54.8 cm³/mol. The molecule has 3 nitrogen and oxygen atoms in total. The van der Waals surface area contributed by atoms with Crippen LogP contribution in [-0.2, 0) is 4.79 Å². The second-order valence-corrected chi connectivity index (χ2v) is 4.38. The Morgan fingerprint density at radius 1 is 1.50 bits per heavy atom. The Morgan fingerprint density at radius 3 is 2.44 bits per heavy atom. The molecule has 0 radical (unpaired) electrons. The van der Waals surface area contributed by atoms with E-state index in [0.29, 0.717) is 0 Å². The van der Waals surface area contributed by atoms with Gasteiger partial charge in [-0.15, -0.1) is 0 Å². The van der Waals surface area contributed by atoms with Crippen molar-refractivity contribution in [1.29, 1.82) is 5.26 Å². The van der Waals surface area contributed by atoms with Gasteiger partial charge in [-0.2, -0.15) is 5.26 Å². The van der Waals surface area contributed by atoms with Crippen LogP contribution in [0.5, 0.6) is 0 Å². The summed E-state index contributed by atoms with van der Waals surface area (Å²) in [6, 6.07) is 1.45. The lowest BCUT2D eigenvalue weighted by Gasteiger charge is -2.31. The maximum absolute atomic E-state index is 12.9. The number of hydrogen-bond acceptors (Lipinski definition) is 2. The molecule has 0 aromatic rings. The lowest BCUT2D eigenvalue weighted by Crippen LogP contribution is -2.41. The molecule has 1 fully saturated rings. The van der Waals surface area contributed by atoms with Crippen LogP contribution in [0.2, 0.25) is 0 Å². The highest BCUT2D eigenvalue weighted by Crippen LogP contribution is 2.36. The van der Waals surface area contributed by atoms with Gasteiger partial charge in [-0.05, 0) is 19.8 Å². The zero-order valence-corrected chi connectivity index (χ0v) is 9.54. The lowest BCUT2D eigenvalue weighted by molar-refractivity contribution is -0.139. The molecule has 1 aliphatic rings. The molecule has 1 rings (SSSR count). The van der Waals surface area contributed by atoms with Gasteiger partial charge in [-0.25, -0.2) is 8.78 Å². The second kappa shape index (κ2) is 4.77. The smallest absolute Gasteiger partial charge is 0.248 e. The summed E-state index contributed by atoms with van der Waals surface area (Å²) in [4.78, 5) is 13.2. The summed E-state index contributed by atoms with van der Waals surface area (Å²) in [6.45, 7) is 1.62. The van der Waals surface area contributed by atoms with E-state index < -0.39 is 12.0 Å². The van der Waals surface area contributed by atoms with E-state index in [-0.39, 0.29) is 37.5 Å². The van der Waals surface area contributed by atoms with Crippen molar-refractivity contribution in [3.63, 3.8) is 0 Å². The molecule has 90 valence electrons. The number of amides is 1. The molecule has 0 bridgehead atoms. The van der Waals surface area contributed by atoms with Crippen LogP contribution < -0.4 is 0 Å². The second-order valence-electron chi connectivity index (χ2n) is 4.38. The van der Waals surface area contributed by atoms with Crippen molar-refractivity contribution in [3.8, 4) is 6.07 Å². The van der Waals surface area contributed by atoms with E-state index in [2.05, 4.69) is 0 Å². The predicted octanol–water partition coefficient (Wildman–Crippen LogP) is 2.18. The third kappa shape index (κ3) is 2.91. The first-order chi connectivity index (χ1) is 7.37. The highest BCUT2D eigenvalue weighted by atomic mass is 19.3. The van der Waals surface area contributed by atoms with Crippen molar-refractivity contribution in [2.75, 3.05) is 7.05 Å². The molecule has 1 aliphatic carbocycles. The van der Waals surface area contributed by atoms with Crippen molar-refractivity contribution < 1.29 is 13.6 Å². The summed E-state index contributed by atoms with van der Waals surface area (Å²) in [6.07, 6.45) is -0.0149. The molecule has 0 aliphatic heterocycles. The molecule has 0 spiro atoms. The molecule has 1 atom stereocenters. The van der Waals surface area contributed by atoms with E-state index in [9.17, 15) is 13.6 Å². The first-order valence-corrected chi connectivity index (χ1v) is 5.41. The van der Waals surface area contributed by atoms with Gasteiger partial charge in [0, 0.05) is 25.8 Å². The minimum absolute atomic E-state index is 0.190. The summed E-state index contributed by atoms with van der Waals surface area (Å²) in [5, 5.41) is 8.67. The maximum Gasteiger partial charge on any atom is 0.248 e. The topological polar surface area (TPSA) is 44.1 Å². The van der Waals surface area contributed by atoms with Crippen molar-refractivity contribution in [3.05, 3.63) is 0 Å². The molecular weight excluding hydrogens is 214 g/mol. The number of hydrogen-bond donors (Lipinski definition) is 0. The monoisotopic (exact) mass is 230 g/mol. The van der Waals surface area contributed by atoms with Crippen LogP contribution in [0.1, 0.15) is 32.6 Å². The number of alkyl halides is 2. The number of carbonyl (C=O) groups excluding carboxylic acids is 1. The summed E-state index contributed by atoms with van der Waals surface area (Å²) < 4.78 is 25.8. The van der Waals surface area contributed by atoms with Crippen molar-refractivity contribution >= 4 is 5.91 Å². The summed E-state index contributed by atoms with van der Waals surface area (Å²) >= 11 is 0. The zero-order valence-electron chi connectivity index (χ0n) is 9.54. The van der Waals surface area contributed by atoms with Crippen LogP contribution >= 0.6 is 0 Å². The fourth-order valence-electron chi connectivity index (χ4n) is 1.85. The van der Waals surface area contributed by atoms with E-state index >= 15 is 0 Å². The minimum Gasteiger partial charge on any atom is -0.330 e. The van der Waals surface area contributed by atoms with Crippen LogP contribution in [0, 0.1) is 17.2 Å². The van der Waals surface area contributed by atoms with Crippen LogP contribution in [0.3, 0.4) is 0 Å². The Morgan fingerprint density at radius 2 is 2.00 bits per heavy atom. The lowest BCUT2D eigenvalue weighted by atomic mass is 9.86. The van der Waals surface area contributed by atoms with Crippen LogP contribution in [-0.4, -0.2) is 29.8 Å². The first-order valence-electron chi connectivity index (χ1n) is 5.41. The van der Waals surface area contributed by atoms with Crippen molar-refractivity contribution in [2.45, 2.75) is 44.6 Å². The van der Waals surface area contributed by atoms with E-state index in [4.69, 9.17) is 5.26 Å². The molecule has 1 unspecified atom stereocenters. The first kappa shape index (κ1) is 12.9. The summed E-state index contributed by atoms with van der Waals surface area (Å²) in [5.41, 5.74) is 0. The molecular formula is C11H16F2N2O. The van der Waals surface area contributed by atoms with Gasteiger partial charge in [0.15, 0.2) is 0 Å². The van der Waals surface area contributed by atoms with Gasteiger partial charge in [-0.3, -0.25) is 4.79 Å². The van der Waals surface area contributed by atoms with Gasteiger partial charge in [0.05, 0.1) is 6.07 Å². The third-order valence-corrected chi connectivity index (χ3v) is 3.18. The van der Waals surface area contributed by atoms with Gasteiger partial charge in [-0.1, -0.05) is 0 Å². The average molecular weight is 230 g/mol. The molecule has 0 aromatic carbocycles. The SMILES string of the molecule is CC(C#N)N(C)C(=O)C1CCC(F)(F)CC1. The number of carbonyl (C=O) groups is 1. The molecule has 1 amide bonds. The summed E-state index contributed by atoms with van der Waals surface area (Å²) in [7, 11) is 1.54. The zero-order chi connectivity index (χ0) is 12.3. The largest absolute Gasteiger partial charge is 0.330 e. The maximum atomic E-state index is 12.9. The Hall–Kier alpha value is -1.18. The molecule has 0 N–H and O–H groups in total. The molecule has 0 saturated heterocycles. The molecule has 16 heavy (non-hydrogen) atoms. The molecule has 0 heterocycles. The van der Waals surface area contributed by atoms with E-state index in [0.717, 1.165) is 0 Å². The number of rotatable bonds is 2. The van der Waals surface area contributed by atoms with Gasteiger partial charge >= 0.3 is 0 Å². The minimum atomic E-state index is -2.61. The van der Waals surface area contributed by atoms with Crippen molar-refractivity contribution in [2.24, 2.45) is 5.92 Å². The number of halogens is 2. The highest BCUT2D eigenvalue weighted by Gasteiger charge is 2.38. The van der Waals surface area contributed by atoms with E-state index in [1.54, 1.807) is 14.0 Å². The van der Waals surface area contributed by atoms with Gasteiger partial charge in [0.1, 0.15) is 6.04 Å². The summed E-state index contributed by atoms with van der Waals surface area (Å²) in [5.74, 6) is -3.15. The van der Waals surface area contributed by atoms with Crippen LogP contribution in [0.15, 0.2) is 0 Å². The van der Waals surface area contributed by atoms with E-state index in [1.165, 1.54) is 4.90 Å². The van der Waals surface area contributed by atoms with Crippen LogP contribution in [0.4, 0.5) is 8.78 Å². The molecule has 5 heteroatoms. The third-order valence-electron chi connectivity index (χ3n) is 3.18. The fraction of sp³-hybridized carbons (Fsp3) is 0.818. The Kier molecular flexibility index (Phi) is 3.84. The quantitative estimate of drug-likeness (QED) is 0.729. The Bertz CT molecular complexity index is 302. The molecule has 0 aromatic heterocycles. The fourth-order valence-corrected chi connectivity index (χ4v) is 1.85. The highest BCUT2D eigenvalue weighted by molar-refractivity contribution is 5.79. The molecule has 1 saturated carbocycles. The van der Waals surface area contributed by atoms with Gasteiger partial charge in [0.25, 0.3) is 0 Å². The van der Waals surface area contributed by atoms with E-state index in [1.807, 2.05) is 6.07 Å². The number of nitrogens with zero attached hydrogens (tertiary/aromatic N) is 2. The standard InChI is InChI=1S/C11H16F2N2O/c1-8(7-14)15(2)10(16)9-3-5-11(12,13)6-4-9/h8-9H,3-6H2,1-2H3. The average Bonchev–Trinajstić information content (AvgIpc) is 2.26. The van der Waals surface area contributed by atoms with Crippen molar-refractivity contribution in [1.82, 2.24) is 4.90 Å². The Labute approximate surface area is 94.0 Å². The Balaban J connectivity index is 2.54. The van der Waals surface area contributed by atoms with Crippen LogP contribution in [0.25, 0.3) is 0 Å². The van der Waals surface area contributed by atoms with Gasteiger partial charge < -0.3 is 4.90 Å².